The predicted molar refractivity (Wildman–Crippen MR) is 112 cm³/mol. The Kier molecular flexibility index (Phi) is 7.47. The van der Waals surface area contributed by atoms with Crippen molar-refractivity contribution < 1.29 is 19.1 Å². The van der Waals surface area contributed by atoms with Gasteiger partial charge in [0.2, 0.25) is 5.91 Å². The Bertz CT molecular complexity index is 725. The van der Waals surface area contributed by atoms with E-state index in [1.807, 2.05) is 43.3 Å². The fourth-order valence-electron chi connectivity index (χ4n) is 3.03. The number of hydrogen-bond acceptors (Lipinski definition) is 5. The van der Waals surface area contributed by atoms with E-state index in [1.54, 1.807) is 30.6 Å². The molecule has 1 heterocycles. The smallest absolute Gasteiger partial charge is 0.408 e. The Morgan fingerprint density at radius 1 is 1.00 bits per heavy atom. The number of carbonyl (C=O) groups excluding carboxylic acids is 3. The maximum absolute atomic E-state index is 12.8. The van der Waals surface area contributed by atoms with Crippen LogP contribution in [0.4, 0.5) is 10.5 Å². The van der Waals surface area contributed by atoms with Crippen LogP contribution in [0.25, 0.3) is 0 Å². The minimum absolute atomic E-state index is 0.0310. The second-order valence-electron chi connectivity index (χ2n) is 8.32. The SMILES string of the molecule is CN(C)c1ccc(C(=O)N2CCCN(C(=O)CNC(=O)OC(C)(C)C)CC2)cc1. The van der Waals surface area contributed by atoms with Crippen molar-refractivity contribution in [1.82, 2.24) is 15.1 Å². The second-order valence-corrected chi connectivity index (χ2v) is 8.32. The van der Waals surface area contributed by atoms with Gasteiger partial charge in [0, 0.05) is 51.5 Å². The van der Waals surface area contributed by atoms with Gasteiger partial charge in [0.25, 0.3) is 5.91 Å². The van der Waals surface area contributed by atoms with E-state index in [0.717, 1.165) is 5.69 Å². The number of hydrogen-bond donors (Lipinski definition) is 1. The zero-order valence-corrected chi connectivity index (χ0v) is 18.0. The zero-order chi connectivity index (χ0) is 21.6. The van der Waals surface area contributed by atoms with Gasteiger partial charge in [-0.05, 0) is 51.5 Å². The van der Waals surface area contributed by atoms with Crippen molar-refractivity contribution >= 4 is 23.6 Å². The number of rotatable bonds is 4. The molecule has 29 heavy (non-hydrogen) atoms. The van der Waals surface area contributed by atoms with E-state index in [2.05, 4.69) is 5.32 Å². The van der Waals surface area contributed by atoms with Crippen LogP contribution in [0.3, 0.4) is 0 Å². The van der Waals surface area contributed by atoms with E-state index in [9.17, 15) is 14.4 Å². The third-order valence-corrected chi connectivity index (χ3v) is 4.55. The fourth-order valence-corrected chi connectivity index (χ4v) is 3.03. The molecule has 8 heteroatoms. The van der Waals surface area contributed by atoms with Crippen LogP contribution in [0, 0.1) is 0 Å². The van der Waals surface area contributed by atoms with Gasteiger partial charge in [0.15, 0.2) is 0 Å². The van der Waals surface area contributed by atoms with Gasteiger partial charge in [-0.15, -0.1) is 0 Å². The van der Waals surface area contributed by atoms with Crippen molar-refractivity contribution in [1.29, 1.82) is 0 Å². The van der Waals surface area contributed by atoms with Gasteiger partial charge in [-0.2, -0.15) is 0 Å². The molecule has 0 spiro atoms. The summed E-state index contributed by atoms with van der Waals surface area (Å²) in [5.74, 6) is -0.211. The molecule has 1 aromatic rings. The molecule has 0 aromatic heterocycles. The normalized spacial score (nSPS) is 14.8. The lowest BCUT2D eigenvalue weighted by Gasteiger charge is -2.23. The minimum Gasteiger partial charge on any atom is -0.444 e. The zero-order valence-electron chi connectivity index (χ0n) is 18.0. The maximum Gasteiger partial charge on any atom is 0.408 e. The van der Waals surface area contributed by atoms with Gasteiger partial charge in [0.05, 0.1) is 0 Å². The quantitative estimate of drug-likeness (QED) is 0.830. The van der Waals surface area contributed by atoms with E-state index in [0.29, 0.717) is 38.2 Å². The third kappa shape index (κ3) is 6.96. The Hall–Kier alpha value is -2.77. The highest BCUT2D eigenvalue weighted by atomic mass is 16.6. The van der Waals surface area contributed by atoms with Crippen LogP contribution in [0.2, 0.25) is 0 Å². The largest absolute Gasteiger partial charge is 0.444 e. The Labute approximate surface area is 172 Å². The Morgan fingerprint density at radius 2 is 1.59 bits per heavy atom. The van der Waals surface area contributed by atoms with Crippen molar-refractivity contribution in [3.05, 3.63) is 29.8 Å². The van der Waals surface area contributed by atoms with Crippen molar-refractivity contribution in [2.45, 2.75) is 32.8 Å². The number of nitrogens with one attached hydrogen (secondary N) is 1. The average molecular weight is 405 g/mol. The molecular formula is C21H32N4O4. The predicted octanol–water partition coefficient (Wildman–Crippen LogP) is 1.95. The van der Waals surface area contributed by atoms with Crippen molar-refractivity contribution in [3.63, 3.8) is 0 Å². The summed E-state index contributed by atoms with van der Waals surface area (Å²) in [5, 5.41) is 2.49. The minimum atomic E-state index is -0.612. The molecule has 0 atom stereocenters. The van der Waals surface area contributed by atoms with E-state index in [4.69, 9.17) is 4.74 Å². The summed E-state index contributed by atoms with van der Waals surface area (Å²) in [6.07, 6.45) is 0.0818. The van der Waals surface area contributed by atoms with Gasteiger partial charge in [-0.25, -0.2) is 4.79 Å². The highest BCUT2D eigenvalue weighted by Crippen LogP contribution is 2.15. The van der Waals surface area contributed by atoms with Crippen LogP contribution >= 0.6 is 0 Å². The summed E-state index contributed by atoms with van der Waals surface area (Å²) < 4.78 is 5.14. The molecule has 2 rings (SSSR count). The Balaban J connectivity index is 1.87. The molecule has 1 saturated heterocycles. The van der Waals surface area contributed by atoms with Crippen molar-refractivity contribution in [2.24, 2.45) is 0 Å². The standard InChI is InChI=1S/C21H32N4O4/c1-21(2,3)29-20(28)22-15-18(26)24-11-6-12-25(14-13-24)19(27)16-7-9-17(10-8-16)23(4)5/h7-10H,6,11-15H2,1-5H3,(H,22,28). The molecule has 0 bridgehead atoms. The highest BCUT2D eigenvalue weighted by Gasteiger charge is 2.24. The first-order chi connectivity index (χ1) is 13.6. The summed E-state index contributed by atoms with van der Waals surface area (Å²) in [4.78, 5) is 42.4. The van der Waals surface area contributed by atoms with E-state index in [-0.39, 0.29) is 18.4 Å². The number of alkyl carbamates (subject to hydrolysis) is 1. The van der Waals surface area contributed by atoms with E-state index < -0.39 is 11.7 Å². The van der Waals surface area contributed by atoms with Gasteiger partial charge in [-0.3, -0.25) is 9.59 Å². The highest BCUT2D eigenvalue weighted by molar-refractivity contribution is 5.94. The van der Waals surface area contributed by atoms with Crippen molar-refractivity contribution in [2.75, 3.05) is 51.7 Å². The number of nitrogens with zero attached hydrogens (tertiary/aromatic N) is 3. The number of amides is 3. The Morgan fingerprint density at radius 3 is 2.17 bits per heavy atom. The molecule has 1 fully saturated rings. The number of anilines is 1. The van der Waals surface area contributed by atoms with Gasteiger partial charge in [0.1, 0.15) is 12.1 Å². The molecule has 3 amide bonds. The third-order valence-electron chi connectivity index (χ3n) is 4.55. The fraction of sp³-hybridized carbons (Fsp3) is 0.571. The van der Waals surface area contributed by atoms with Crippen LogP contribution in [-0.2, 0) is 9.53 Å². The molecule has 1 N–H and O–H groups in total. The number of carbonyl (C=O) groups is 3. The van der Waals surface area contributed by atoms with E-state index >= 15 is 0 Å². The lowest BCUT2D eigenvalue weighted by atomic mass is 10.1. The summed E-state index contributed by atoms with van der Waals surface area (Å²) in [6.45, 7) is 7.24. The monoisotopic (exact) mass is 404 g/mol. The first-order valence-electron chi connectivity index (χ1n) is 9.88. The van der Waals surface area contributed by atoms with Gasteiger partial charge in [-0.1, -0.05) is 0 Å². The molecule has 0 aliphatic carbocycles. The summed E-state index contributed by atoms with van der Waals surface area (Å²) in [7, 11) is 3.91. The van der Waals surface area contributed by atoms with Crippen LogP contribution < -0.4 is 10.2 Å². The van der Waals surface area contributed by atoms with E-state index in [1.165, 1.54) is 0 Å². The summed E-state index contributed by atoms with van der Waals surface area (Å²) in [6, 6.07) is 7.50. The lowest BCUT2D eigenvalue weighted by molar-refractivity contribution is -0.130. The van der Waals surface area contributed by atoms with Crippen molar-refractivity contribution in [3.8, 4) is 0 Å². The van der Waals surface area contributed by atoms with Gasteiger partial charge < -0.3 is 24.8 Å². The molecular weight excluding hydrogens is 372 g/mol. The second kappa shape index (κ2) is 9.62. The maximum atomic E-state index is 12.8. The van der Waals surface area contributed by atoms with Crippen LogP contribution in [-0.4, -0.2) is 80.1 Å². The van der Waals surface area contributed by atoms with Crippen LogP contribution in [0.5, 0.6) is 0 Å². The topological polar surface area (TPSA) is 82.2 Å². The summed E-state index contributed by atoms with van der Waals surface area (Å²) in [5.41, 5.74) is 1.06. The van der Waals surface area contributed by atoms with Crippen LogP contribution in [0.1, 0.15) is 37.6 Å². The molecule has 0 unspecified atom stereocenters. The average Bonchev–Trinajstić information content (AvgIpc) is 2.90. The summed E-state index contributed by atoms with van der Waals surface area (Å²) >= 11 is 0. The lowest BCUT2D eigenvalue weighted by Crippen LogP contribution is -2.43. The molecule has 0 radical (unpaired) electrons. The molecule has 8 nitrogen and oxygen atoms in total. The first-order valence-corrected chi connectivity index (χ1v) is 9.88. The number of ether oxygens (including phenoxy) is 1. The van der Waals surface area contributed by atoms with Gasteiger partial charge >= 0.3 is 6.09 Å². The molecule has 0 saturated carbocycles. The number of benzene rings is 1. The molecule has 1 aromatic carbocycles. The molecule has 160 valence electrons. The molecule has 1 aliphatic heterocycles. The van der Waals surface area contributed by atoms with Crippen LogP contribution in [0.15, 0.2) is 24.3 Å². The first kappa shape index (κ1) is 22.5. The molecule has 1 aliphatic rings.